The quantitative estimate of drug-likeness (QED) is 0.682. The SMILES string of the molecule is Oc1c(I)cc(-c2ccccc2)cc1I. The Morgan fingerprint density at radius 2 is 1.33 bits per heavy atom. The molecule has 1 N–H and O–H groups in total. The van der Waals surface area contributed by atoms with Gasteiger partial charge in [0.1, 0.15) is 5.75 Å². The minimum Gasteiger partial charge on any atom is -0.506 e. The molecular weight excluding hydrogens is 414 g/mol. The molecule has 0 heterocycles. The lowest BCUT2D eigenvalue weighted by molar-refractivity contribution is 0.468. The summed E-state index contributed by atoms with van der Waals surface area (Å²) >= 11 is 4.30. The zero-order valence-electron chi connectivity index (χ0n) is 7.74. The number of benzene rings is 2. The van der Waals surface area contributed by atoms with Crippen molar-refractivity contribution in [1.29, 1.82) is 0 Å². The van der Waals surface area contributed by atoms with Crippen LogP contribution in [0, 0.1) is 7.14 Å². The zero-order valence-corrected chi connectivity index (χ0v) is 12.1. The lowest BCUT2D eigenvalue weighted by Crippen LogP contribution is -1.83. The van der Waals surface area contributed by atoms with Gasteiger partial charge in [-0.25, -0.2) is 0 Å². The summed E-state index contributed by atoms with van der Waals surface area (Å²) in [6.45, 7) is 0. The molecule has 76 valence electrons. The third-order valence-corrected chi connectivity index (χ3v) is 3.77. The molecule has 2 aromatic carbocycles. The van der Waals surface area contributed by atoms with Crippen LogP contribution in [0.2, 0.25) is 0 Å². The molecule has 2 rings (SSSR count). The molecule has 0 bridgehead atoms. The molecule has 0 radical (unpaired) electrons. The molecule has 3 heteroatoms. The Morgan fingerprint density at radius 3 is 1.87 bits per heavy atom. The fourth-order valence-corrected chi connectivity index (χ4v) is 3.13. The van der Waals surface area contributed by atoms with E-state index >= 15 is 0 Å². The predicted molar refractivity (Wildman–Crippen MR) is 79.0 cm³/mol. The molecule has 1 nitrogen and oxygen atoms in total. The van der Waals surface area contributed by atoms with Crippen LogP contribution in [0.4, 0.5) is 0 Å². The Kier molecular flexibility index (Phi) is 3.50. The van der Waals surface area contributed by atoms with Crippen molar-refractivity contribution in [3.63, 3.8) is 0 Å². The number of phenolic OH excluding ortho intramolecular Hbond substituents is 1. The number of phenols is 1. The third kappa shape index (κ3) is 2.44. The summed E-state index contributed by atoms with van der Waals surface area (Å²) in [6, 6.07) is 14.2. The normalized spacial score (nSPS) is 10.3. The van der Waals surface area contributed by atoms with Crippen molar-refractivity contribution in [1.82, 2.24) is 0 Å². The Bertz CT molecular complexity index is 457. The van der Waals surface area contributed by atoms with E-state index in [1.807, 2.05) is 30.3 Å². The van der Waals surface area contributed by atoms with Crippen LogP contribution in [0.25, 0.3) is 11.1 Å². The van der Waals surface area contributed by atoms with Gasteiger partial charge in [-0.2, -0.15) is 0 Å². The Morgan fingerprint density at radius 1 is 0.800 bits per heavy atom. The molecule has 0 unspecified atom stereocenters. The molecule has 0 saturated carbocycles. The van der Waals surface area contributed by atoms with Gasteiger partial charge in [0.2, 0.25) is 0 Å². The lowest BCUT2D eigenvalue weighted by atomic mass is 10.1. The van der Waals surface area contributed by atoms with Crippen molar-refractivity contribution in [2.24, 2.45) is 0 Å². The summed E-state index contributed by atoms with van der Waals surface area (Å²) in [5.41, 5.74) is 2.32. The van der Waals surface area contributed by atoms with Gasteiger partial charge in [-0.3, -0.25) is 0 Å². The molecule has 0 fully saturated rings. The molecule has 0 aromatic heterocycles. The standard InChI is InChI=1S/C12H8I2O/c13-10-6-9(7-11(14)12(10)15)8-4-2-1-3-5-8/h1-7,15H. The molecule has 15 heavy (non-hydrogen) atoms. The molecule has 0 aliphatic heterocycles. The van der Waals surface area contributed by atoms with Crippen LogP contribution in [-0.4, -0.2) is 5.11 Å². The van der Waals surface area contributed by atoms with E-state index in [0.717, 1.165) is 12.7 Å². The first-order valence-corrected chi connectivity index (χ1v) is 6.57. The minimum absolute atomic E-state index is 0.371. The second-order valence-electron chi connectivity index (χ2n) is 3.15. The van der Waals surface area contributed by atoms with E-state index in [0.29, 0.717) is 5.75 Å². The Labute approximate surface area is 116 Å². The minimum atomic E-state index is 0.371. The van der Waals surface area contributed by atoms with Crippen LogP contribution >= 0.6 is 45.2 Å². The highest BCUT2D eigenvalue weighted by molar-refractivity contribution is 14.1. The number of hydrogen-bond acceptors (Lipinski definition) is 1. The average molecular weight is 422 g/mol. The first-order valence-electron chi connectivity index (χ1n) is 4.42. The maximum absolute atomic E-state index is 9.66. The van der Waals surface area contributed by atoms with Crippen LogP contribution in [-0.2, 0) is 0 Å². The van der Waals surface area contributed by atoms with Gasteiger partial charge in [-0.15, -0.1) is 0 Å². The molecule has 0 atom stereocenters. The van der Waals surface area contributed by atoms with E-state index in [9.17, 15) is 5.11 Å². The van der Waals surface area contributed by atoms with Gasteiger partial charge >= 0.3 is 0 Å². The van der Waals surface area contributed by atoms with Crippen LogP contribution in [0.15, 0.2) is 42.5 Å². The molecule has 0 aliphatic rings. The average Bonchev–Trinajstić information content (AvgIpc) is 2.26. The second kappa shape index (κ2) is 4.69. The van der Waals surface area contributed by atoms with Gasteiger partial charge in [0.05, 0.1) is 7.14 Å². The second-order valence-corrected chi connectivity index (χ2v) is 5.48. The molecule has 0 aliphatic carbocycles. The maximum atomic E-state index is 9.66. The number of aromatic hydroxyl groups is 1. The van der Waals surface area contributed by atoms with Gasteiger partial charge in [0.15, 0.2) is 0 Å². The Balaban J connectivity index is 2.56. The van der Waals surface area contributed by atoms with Crippen molar-refractivity contribution in [3.8, 4) is 16.9 Å². The summed E-state index contributed by atoms with van der Waals surface area (Å²) < 4.78 is 1.77. The number of rotatable bonds is 1. The number of hydrogen-bond donors (Lipinski definition) is 1. The first-order chi connectivity index (χ1) is 7.18. The monoisotopic (exact) mass is 422 g/mol. The van der Waals surface area contributed by atoms with E-state index in [2.05, 4.69) is 57.3 Å². The maximum Gasteiger partial charge on any atom is 0.142 e. The van der Waals surface area contributed by atoms with Gasteiger partial charge in [0.25, 0.3) is 0 Å². The van der Waals surface area contributed by atoms with Gasteiger partial charge < -0.3 is 5.11 Å². The van der Waals surface area contributed by atoms with E-state index in [-0.39, 0.29) is 0 Å². The fourth-order valence-electron chi connectivity index (χ4n) is 1.36. The summed E-state index contributed by atoms with van der Waals surface area (Å²) in [6.07, 6.45) is 0. The van der Waals surface area contributed by atoms with Gasteiger partial charge in [-0.05, 0) is 68.4 Å². The summed E-state index contributed by atoms with van der Waals surface area (Å²) in [4.78, 5) is 0. The van der Waals surface area contributed by atoms with E-state index < -0.39 is 0 Å². The van der Waals surface area contributed by atoms with Crippen LogP contribution < -0.4 is 0 Å². The lowest BCUT2D eigenvalue weighted by Gasteiger charge is -2.05. The largest absolute Gasteiger partial charge is 0.506 e. The van der Waals surface area contributed by atoms with Crippen molar-refractivity contribution < 1.29 is 5.11 Å². The van der Waals surface area contributed by atoms with E-state index in [4.69, 9.17) is 0 Å². The van der Waals surface area contributed by atoms with Gasteiger partial charge in [0, 0.05) is 0 Å². The van der Waals surface area contributed by atoms with Gasteiger partial charge in [-0.1, -0.05) is 30.3 Å². The van der Waals surface area contributed by atoms with Crippen LogP contribution in [0.1, 0.15) is 0 Å². The molecule has 0 amide bonds. The smallest absolute Gasteiger partial charge is 0.142 e. The molecule has 2 aromatic rings. The highest BCUT2D eigenvalue weighted by atomic mass is 127. The van der Waals surface area contributed by atoms with Crippen molar-refractivity contribution >= 4 is 45.2 Å². The fraction of sp³-hybridized carbons (Fsp3) is 0. The first kappa shape index (κ1) is 11.2. The van der Waals surface area contributed by atoms with Crippen molar-refractivity contribution in [2.45, 2.75) is 0 Å². The van der Waals surface area contributed by atoms with Crippen molar-refractivity contribution in [3.05, 3.63) is 49.6 Å². The molecule has 0 saturated heterocycles. The van der Waals surface area contributed by atoms with Crippen LogP contribution in [0.3, 0.4) is 0 Å². The number of halogens is 2. The van der Waals surface area contributed by atoms with Crippen molar-refractivity contribution in [2.75, 3.05) is 0 Å². The summed E-state index contributed by atoms with van der Waals surface area (Å²) in [5.74, 6) is 0.371. The predicted octanol–water partition coefficient (Wildman–Crippen LogP) is 4.27. The van der Waals surface area contributed by atoms with Crippen LogP contribution in [0.5, 0.6) is 5.75 Å². The zero-order chi connectivity index (χ0) is 10.8. The topological polar surface area (TPSA) is 20.2 Å². The third-order valence-electron chi connectivity index (χ3n) is 2.12. The summed E-state index contributed by atoms with van der Waals surface area (Å²) in [7, 11) is 0. The highest BCUT2D eigenvalue weighted by Crippen LogP contribution is 2.31. The summed E-state index contributed by atoms with van der Waals surface area (Å²) in [5, 5.41) is 9.66. The Hall–Kier alpha value is -0.300. The van der Waals surface area contributed by atoms with E-state index in [1.54, 1.807) is 0 Å². The molecule has 0 spiro atoms. The highest BCUT2D eigenvalue weighted by Gasteiger charge is 2.06. The van der Waals surface area contributed by atoms with E-state index in [1.165, 1.54) is 5.56 Å². The molecular formula is C12H8I2O.